The fourth-order valence-corrected chi connectivity index (χ4v) is 4.43. The molecule has 7 nitrogen and oxygen atoms in total. The monoisotopic (exact) mass is 509 g/mol. The van der Waals surface area contributed by atoms with Crippen LogP contribution in [0.4, 0.5) is 0 Å². The predicted molar refractivity (Wildman–Crippen MR) is 146 cm³/mol. The van der Waals surface area contributed by atoms with Crippen LogP contribution in [0.5, 0.6) is 0 Å². The van der Waals surface area contributed by atoms with E-state index in [1.54, 1.807) is 5.48 Å². The minimum atomic E-state index is -0.843. The molecule has 2 atom stereocenters. The van der Waals surface area contributed by atoms with Gasteiger partial charge in [0.2, 0.25) is 17.7 Å². The van der Waals surface area contributed by atoms with Crippen LogP contribution in [0.25, 0.3) is 10.8 Å². The first-order valence-electron chi connectivity index (χ1n) is 12.6. The maximum atomic E-state index is 13.5. The topological polar surface area (TPSA) is 108 Å². The lowest BCUT2D eigenvalue weighted by atomic mass is 9.93. The Bertz CT molecular complexity index is 1380. The van der Waals surface area contributed by atoms with E-state index in [4.69, 9.17) is 5.21 Å². The highest BCUT2D eigenvalue weighted by molar-refractivity contribution is 5.91. The van der Waals surface area contributed by atoms with Crippen molar-refractivity contribution in [3.63, 3.8) is 0 Å². The van der Waals surface area contributed by atoms with Crippen molar-refractivity contribution < 1.29 is 19.6 Å². The van der Waals surface area contributed by atoms with Gasteiger partial charge in [0, 0.05) is 19.4 Å². The number of carbonyl (C=O) groups is 3. The molecule has 0 heterocycles. The van der Waals surface area contributed by atoms with E-state index in [9.17, 15) is 14.4 Å². The number of benzene rings is 4. The molecule has 4 aromatic rings. The van der Waals surface area contributed by atoms with Crippen molar-refractivity contribution in [2.75, 3.05) is 0 Å². The molecule has 4 aromatic carbocycles. The molecular weight excluding hydrogens is 478 g/mol. The zero-order chi connectivity index (χ0) is 26.7. The number of nitrogens with one attached hydrogen (secondary N) is 3. The Hall–Kier alpha value is -4.49. The molecular formula is C31H31N3O4. The summed E-state index contributed by atoms with van der Waals surface area (Å²) < 4.78 is 0. The van der Waals surface area contributed by atoms with Gasteiger partial charge in [-0.05, 0) is 33.9 Å². The van der Waals surface area contributed by atoms with Crippen LogP contribution in [0.2, 0.25) is 0 Å². The van der Waals surface area contributed by atoms with Crippen molar-refractivity contribution in [1.82, 2.24) is 16.1 Å². The van der Waals surface area contributed by atoms with Gasteiger partial charge >= 0.3 is 0 Å². The van der Waals surface area contributed by atoms with Gasteiger partial charge < -0.3 is 10.6 Å². The fourth-order valence-electron chi connectivity index (χ4n) is 4.43. The van der Waals surface area contributed by atoms with Crippen LogP contribution in [0.1, 0.15) is 23.1 Å². The number of carbonyl (C=O) groups excluding carboxylic acids is 3. The van der Waals surface area contributed by atoms with Crippen LogP contribution >= 0.6 is 0 Å². The smallest absolute Gasteiger partial charge is 0.244 e. The van der Waals surface area contributed by atoms with E-state index in [0.717, 1.165) is 27.5 Å². The number of rotatable bonds is 11. The molecule has 7 heteroatoms. The zero-order valence-electron chi connectivity index (χ0n) is 21.0. The Morgan fingerprint density at radius 3 is 1.97 bits per heavy atom. The van der Waals surface area contributed by atoms with Gasteiger partial charge in [-0.1, -0.05) is 103 Å². The first-order valence-corrected chi connectivity index (χ1v) is 12.6. The van der Waals surface area contributed by atoms with E-state index in [1.807, 2.05) is 103 Å². The van der Waals surface area contributed by atoms with Gasteiger partial charge in [0.1, 0.15) is 6.04 Å². The highest BCUT2D eigenvalue weighted by atomic mass is 16.5. The summed E-state index contributed by atoms with van der Waals surface area (Å²) in [5, 5.41) is 17.0. The standard InChI is InChI=1S/C31H31N3O4/c35-29(34-38)20-27(18-24-15-16-25-13-7-8-14-26(25)17-24)30(36)33-28(19-22-9-3-1-4-10-22)31(37)32-21-23-11-5-2-6-12-23/h1-17,27-28,38H,18-21H2,(H,32,37)(H,33,36)(H,34,35)/t27-,28-/m0/s1. The average Bonchev–Trinajstić information content (AvgIpc) is 2.96. The molecule has 0 aliphatic rings. The lowest BCUT2D eigenvalue weighted by molar-refractivity contribution is -0.136. The van der Waals surface area contributed by atoms with Crippen LogP contribution in [0.3, 0.4) is 0 Å². The maximum absolute atomic E-state index is 13.5. The highest BCUT2D eigenvalue weighted by Gasteiger charge is 2.28. The maximum Gasteiger partial charge on any atom is 0.244 e. The number of fused-ring (bicyclic) bond motifs is 1. The van der Waals surface area contributed by atoms with Crippen LogP contribution < -0.4 is 16.1 Å². The molecule has 0 saturated carbocycles. The van der Waals surface area contributed by atoms with Crippen molar-refractivity contribution in [3.05, 3.63) is 120 Å². The molecule has 194 valence electrons. The summed E-state index contributed by atoms with van der Waals surface area (Å²) in [6.07, 6.45) is 0.342. The molecule has 4 N–H and O–H groups in total. The normalized spacial score (nSPS) is 12.3. The van der Waals surface area contributed by atoms with Crippen LogP contribution in [0, 0.1) is 5.92 Å². The van der Waals surface area contributed by atoms with Gasteiger partial charge in [0.25, 0.3) is 0 Å². The third kappa shape index (κ3) is 7.51. The SMILES string of the molecule is O=C(C[C@H](Cc1ccc2ccccc2c1)C(=O)N[C@@H](Cc1ccccc1)C(=O)NCc1ccccc1)NO. The first kappa shape index (κ1) is 26.6. The molecule has 0 aliphatic carbocycles. The minimum Gasteiger partial charge on any atom is -0.350 e. The van der Waals surface area contributed by atoms with Gasteiger partial charge in [0.15, 0.2) is 0 Å². The second-order valence-corrected chi connectivity index (χ2v) is 9.28. The molecule has 0 aliphatic heterocycles. The number of hydrogen-bond donors (Lipinski definition) is 4. The molecule has 0 radical (unpaired) electrons. The van der Waals surface area contributed by atoms with E-state index in [2.05, 4.69) is 10.6 Å². The average molecular weight is 510 g/mol. The third-order valence-corrected chi connectivity index (χ3v) is 6.45. The van der Waals surface area contributed by atoms with E-state index in [-0.39, 0.29) is 18.7 Å². The number of hydroxylamine groups is 1. The Kier molecular flexibility index (Phi) is 9.21. The molecule has 0 bridgehead atoms. The van der Waals surface area contributed by atoms with E-state index in [0.29, 0.717) is 13.0 Å². The second kappa shape index (κ2) is 13.2. The zero-order valence-corrected chi connectivity index (χ0v) is 21.0. The molecule has 0 saturated heterocycles. The Morgan fingerprint density at radius 2 is 1.29 bits per heavy atom. The summed E-state index contributed by atoms with van der Waals surface area (Å²) in [6.45, 7) is 0.328. The van der Waals surface area contributed by atoms with Gasteiger partial charge in [-0.2, -0.15) is 0 Å². The van der Waals surface area contributed by atoms with Gasteiger partial charge in [-0.15, -0.1) is 0 Å². The summed E-state index contributed by atoms with van der Waals surface area (Å²) in [5.41, 5.74) is 4.34. The molecule has 0 spiro atoms. The Morgan fingerprint density at radius 1 is 0.658 bits per heavy atom. The summed E-state index contributed by atoms with van der Waals surface area (Å²) >= 11 is 0. The van der Waals surface area contributed by atoms with E-state index >= 15 is 0 Å². The first-order chi connectivity index (χ1) is 18.5. The number of amides is 3. The number of hydrogen-bond acceptors (Lipinski definition) is 4. The predicted octanol–water partition coefficient (Wildman–Crippen LogP) is 3.94. The largest absolute Gasteiger partial charge is 0.350 e. The van der Waals surface area contributed by atoms with Crippen molar-refractivity contribution in [2.24, 2.45) is 5.92 Å². The third-order valence-electron chi connectivity index (χ3n) is 6.45. The van der Waals surface area contributed by atoms with Gasteiger partial charge in [-0.25, -0.2) is 5.48 Å². The summed E-state index contributed by atoms with van der Waals surface area (Å²) in [4.78, 5) is 38.8. The van der Waals surface area contributed by atoms with Crippen LogP contribution in [0.15, 0.2) is 103 Å². The second-order valence-electron chi connectivity index (χ2n) is 9.28. The molecule has 0 fully saturated rings. The minimum absolute atomic E-state index is 0.223. The van der Waals surface area contributed by atoms with Crippen molar-refractivity contribution in [3.8, 4) is 0 Å². The molecule has 38 heavy (non-hydrogen) atoms. The van der Waals surface area contributed by atoms with Crippen molar-refractivity contribution >= 4 is 28.5 Å². The molecule has 4 rings (SSSR count). The lowest BCUT2D eigenvalue weighted by Crippen LogP contribution is -2.50. The van der Waals surface area contributed by atoms with Crippen molar-refractivity contribution in [2.45, 2.75) is 31.8 Å². The Balaban J connectivity index is 1.52. The van der Waals surface area contributed by atoms with Gasteiger partial charge in [0.05, 0.1) is 5.92 Å². The van der Waals surface area contributed by atoms with E-state index in [1.165, 1.54) is 0 Å². The highest BCUT2D eigenvalue weighted by Crippen LogP contribution is 2.20. The van der Waals surface area contributed by atoms with Crippen LogP contribution in [-0.4, -0.2) is 29.0 Å². The summed E-state index contributed by atoms with van der Waals surface area (Å²) in [5.74, 6) is -2.21. The summed E-state index contributed by atoms with van der Waals surface area (Å²) in [6, 6.07) is 31.9. The molecule has 0 aromatic heterocycles. The van der Waals surface area contributed by atoms with E-state index < -0.39 is 23.8 Å². The Labute approximate surface area is 221 Å². The van der Waals surface area contributed by atoms with Crippen LogP contribution in [-0.2, 0) is 33.8 Å². The molecule has 3 amide bonds. The quantitative estimate of drug-likeness (QED) is 0.181. The van der Waals surface area contributed by atoms with Crippen molar-refractivity contribution in [1.29, 1.82) is 0 Å². The summed E-state index contributed by atoms with van der Waals surface area (Å²) in [7, 11) is 0. The fraction of sp³-hybridized carbons (Fsp3) is 0.194. The molecule has 0 unspecified atom stereocenters. The van der Waals surface area contributed by atoms with Gasteiger partial charge in [-0.3, -0.25) is 19.6 Å². The lowest BCUT2D eigenvalue weighted by Gasteiger charge is -2.23.